The zero-order valence-electron chi connectivity index (χ0n) is 16.0. The van der Waals surface area contributed by atoms with Gasteiger partial charge in [-0.15, -0.1) is 0 Å². The van der Waals surface area contributed by atoms with E-state index in [1.807, 2.05) is 43.3 Å². The number of carbonyl (C=O) groups excluding carboxylic acids is 2. The average Bonchev–Trinajstić information content (AvgIpc) is 3.24. The van der Waals surface area contributed by atoms with Crippen molar-refractivity contribution in [2.75, 3.05) is 30.3 Å². The Morgan fingerprint density at radius 3 is 2.36 bits per heavy atom. The molecule has 0 atom stereocenters. The van der Waals surface area contributed by atoms with Crippen molar-refractivity contribution in [1.82, 2.24) is 4.90 Å². The summed E-state index contributed by atoms with van der Waals surface area (Å²) in [5, 5.41) is 5.71. The van der Waals surface area contributed by atoms with Crippen LogP contribution in [0.1, 0.15) is 25.3 Å². The standard InChI is InChI=1S/C22H25N3O3/c1-2-28-20-12-6-3-9-17(20)13-14-21(26)23-18-10-4-5-11-19(18)24-22(27)25-15-7-8-16-25/h3-6,9-14H,2,7-8,15-16H2,1H3,(H,23,26)(H,24,27). The molecule has 0 spiro atoms. The first-order valence-corrected chi connectivity index (χ1v) is 9.53. The second kappa shape index (κ2) is 9.60. The number of likely N-dealkylation sites (tertiary alicyclic amines) is 1. The largest absolute Gasteiger partial charge is 0.493 e. The van der Waals surface area contributed by atoms with E-state index in [9.17, 15) is 9.59 Å². The maximum Gasteiger partial charge on any atom is 0.321 e. The maximum atomic E-state index is 12.4. The van der Waals surface area contributed by atoms with Gasteiger partial charge >= 0.3 is 6.03 Å². The predicted molar refractivity (Wildman–Crippen MR) is 112 cm³/mol. The molecule has 1 aliphatic heterocycles. The van der Waals surface area contributed by atoms with Gasteiger partial charge in [0.25, 0.3) is 0 Å². The van der Waals surface area contributed by atoms with Crippen LogP contribution < -0.4 is 15.4 Å². The number of nitrogens with zero attached hydrogens (tertiary/aromatic N) is 1. The van der Waals surface area contributed by atoms with E-state index in [0.29, 0.717) is 18.0 Å². The van der Waals surface area contributed by atoms with Gasteiger partial charge in [0.1, 0.15) is 5.75 Å². The van der Waals surface area contributed by atoms with Gasteiger partial charge in [-0.2, -0.15) is 0 Å². The van der Waals surface area contributed by atoms with Gasteiger partial charge in [0, 0.05) is 24.7 Å². The van der Waals surface area contributed by atoms with Crippen LogP contribution in [0, 0.1) is 0 Å². The molecule has 146 valence electrons. The first-order chi connectivity index (χ1) is 13.7. The fourth-order valence-corrected chi connectivity index (χ4v) is 3.06. The van der Waals surface area contributed by atoms with Crippen molar-refractivity contribution < 1.29 is 14.3 Å². The number of para-hydroxylation sites is 3. The van der Waals surface area contributed by atoms with Crippen LogP contribution in [0.15, 0.2) is 54.6 Å². The van der Waals surface area contributed by atoms with Gasteiger partial charge < -0.3 is 20.3 Å². The molecule has 0 bridgehead atoms. The van der Waals surface area contributed by atoms with Gasteiger partial charge in [-0.3, -0.25) is 4.79 Å². The Labute approximate surface area is 165 Å². The van der Waals surface area contributed by atoms with Crippen molar-refractivity contribution in [3.63, 3.8) is 0 Å². The number of urea groups is 1. The molecule has 1 saturated heterocycles. The molecule has 0 aromatic heterocycles. The van der Waals surface area contributed by atoms with Gasteiger partial charge in [0.2, 0.25) is 5.91 Å². The van der Waals surface area contributed by atoms with Crippen molar-refractivity contribution in [1.29, 1.82) is 0 Å². The summed E-state index contributed by atoms with van der Waals surface area (Å²) in [7, 11) is 0. The van der Waals surface area contributed by atoms with E-state index in [2.05, 4.69) is 10.6 Å². The first-order valence-electron chi connectivity index (χ1n) is 9.53. The number of ether oxygens (including phenoxy) is 1. The molecule has 2 aromatic rings. The first kappa shape index (κ1) is 19.5. The monoisotopic (exact) mass is 379 g/mol. The van der Waals surface area contributed by atoms with E-state index in [1.54, 1.807) is 23.1 Å². The van der Waals surface area contributed by atoms with Crippen LogP contribution in [0.4, 0.5) is 16.2 Å². The molecule has 1 fully saturated rings. The minimum Gasteiger partial charge on any atom is -0.493 e. The number of rotatable bonds is 6. The zero-order chi connectivity index (χ0) is 19.8. The molecule has 3 rings (SSSR count). The van der Waals surface area contributed by atoms with Gasteiger partial charge in [0.05, 0.1) is 18.0 Å². The second-order valence-electron chi connectivity index (χ2n) is 6.46. The van der Waals surface area contributed by atoms with Gasteiger partial charge in [0.15, 0.2) is 0 Å². The fourth-order valence-electron chi connectivity index (χ4n) is 3.06. The highest BCUT2D eigenvalue weighted by Gasteiger charge is 2.18. The molecular formula is C22H25N3O3. The Kier molecular flexibility index (Phi) is 6.68. The fraction of sp³-hybridized carbons (Fsp3) is 0.273. The Balaban J connectivity index is 1.66. The van der Waals surface area contributed by atoms with Crippen molar-refractivity contribution in [2.45, 2.75) is 19.8 Å². The summed E-state index contributed by atoms with van der Waals surface area (Å²) in [6.45, 7) is 4.01. The number of nitrogens with one attached hydrogen (secondary N) is 2. The zero-order valence-corrected chi connectivity index (χ0v) is 16.0. The van der Waals surface area contributed by atoms with Crippen LogP contribution in [-0.2, 0) is 4.79 Å². The van der Waals surface area contributed by atoms with E-state index in [-0.39, 0.29) is 11.9 Å². The molecule has 6 heteroatoms. The normalized spacial score (nSPS) is 13.5. The number of hydrogen-bond donors (Lipinski definition) is 2. The van der Waals surface area contributed by atoms with Gasteiger partial charge in [-0.1, -0.05) is 30.3 Å². The number of benzene rings is 2. The molecule has 0 saturated carbocycles. The Morgan fingerprint density at radius 2 is 1.64 bits per heavy atom. The SMILES string of the molecule is CCOc1ccccc1C=CC(=O)Nc1ccccc1NC(=O)N1CCCC1. The van der Waals surface area contributed by atoms with E-state index >= 15 is 0 Å². The molecule has 0 radical (unpaired) electrons. The minimum atomic E-state index is -0.283. The Bertz CT molecular complexity index is 858. The Morgan fingerprint density at radius 1 is 1.00 bits per heavy atom. The minimum absolute atomic E-state index is 0.139. The van der Waals surface area contributed by atoms with Crippen molar-refractivity contribution in [2.24, 2.45) is 0 Å². The van der Waals surface area contributed by atoms with Crippen LogP contribution in [0.5, 0.6) is 5.75 Å². The smallest absolute Gasteiger partial charge is 0.321 e. The van der Waals surface area contributed by atoms with Crippen LogP contribution in [-0.4, -0.2) is 36.5 Å². The molecule has 0 aliphatic carbocycles. The molecule has 28 heavy (non-hydrogen) atoms. The summed E-state index contributed by atoms with van der Waals surface area (Å²) < 4.78 is 5.56. The van der Waals surface area contributed by atoms with Gasteiger partial charge in [-0.25, -0.2) is 4.79 Å². The summed E-state index contributed by atoms with van der Waals surface area (Å²) in [5.41, 5.74) is 1.97. The molecule has 0 unspecified atom stereocenters. The summed E-state index contributed by atoms with van der Waals surface area (Å²) in [4.78, 5) is 26.5. The molecular weight excluding hydrogens is 354 g/mol. The van der Waals surface area contributed by atoms with Crippen LogP contribution in [0.25, 0.3) is 6.08 Å². The molecule has 2 aromatic carbocycles. The lowest BCUT2D eigenvalue weighted by atomic mass is 10.2. The Hall–Kier alpha value is -3.28. The van der Waals surface area contributed by atoms with Crippen LogP contribution in [0.2, 0.25) is 0 Å². The summed E-state index contributed by atoms with van der Waals surface area (Å²) >= 11 is 0. The quantitative estimate of drug-likeness (QED) is 0.733. The third kappa shape index (κ3) is 5.13. The average molecular weight is 379 g/mol. The molecule has 1 aliphatic rings. The summed E-state index contributed by atoms with van der Waals surface area (Å²) in [6.07, 6.45) is 5.22. The third-order valence-corrected chi connectivity index (χ3v) is 4.45. The maximum absolute atomic E-state index is 12.4. The van der Waals surface area contributed by atoms with Crippen molar-refractivity contribution in [3.8, 4) is 5.75 Å². The van der Waals surface area contributed by atoms with Crippen LogP contribution >= 0.6 is 0 Å². The van der Waals surface area contributed by atoms with E-state index in [4.69, 9.17) is 4.74 Å². The molecule has 1 heterocycles. The number of anilines is 2. The highest BCUT2D eigenvalue weighted by atomic mass is 16.5. The second-order valence-corrected chi connectivity index (χ2v) is 6.46. The predicted octanol–water partition coefficient (Wildman–Crippen LogP) is 4.36. The molecule has 6 nitrogen and oxygen atoms in total. The lowest BCUT2D eigenvalue weighted by Gasteiger charge is -2.18. The number of hydrogen-bond acceptors (Lipinski definition) is 3. The molecule has 2 N–H and O–H groups in total. The van der Waals surface area contributed by atoms with Crippen molar-refractivity contribution >= 4 is 29.4 Å². The highest BCUT2D eigenvalue weighted by Crippen LogP contribution is 2.23. The number of carbonyl (C=O) groups is 2. The van der Waals surface area contributed by atoms with Crippen LogP contribution in [0.3, 0.4) is 0 Å². The summed E-state index contributed by atoms with van der Waals surface area (Å²) in [5.74, 6) is 0.446. The van der Waals surface area contributed by atoms with E-state index in [1.165, 1.54) is 6.08 Å². The summed E-state index contributed by atoms with van der Waals surface area (Å²) in [6, 6.07) is 14.6. The van der Waals surface area contributed by atoms with Crippen molar-refractivity contribution in [3.05, 3.63) is 60.2 Å². The lowest BCUT2D eigenvalue weighted by molar-refractivity contribution is -0.111. The van der Waals surface area contributed by atoms with E-state index < -0.39 is 0 Å². The van der Waals surface area contributed by atoms with Gasteiger partial charge in [-0.05, 0) is 44.0 Å². The van der Waals surface area contributed by atoms with E-state index in [0.717, 1.165) is 37.2 Å². The number of amides is 3. The lowest BCUT2D eigenvalue weighted by Crippen LogP contribution is -2.32. The third-order valence-electron chi connectivity index (χ3n) is 4.45. The highest BCUT2D eigenvalue weighted by molar-refractivity contribution is 6.05. The topological polar surface area (TPSA) is 70.7 Å². The molecule has 3 amide bonds.